The fraction of sp³-hybridized carbons (Fsp3) is 0.294. The van der Waals surface area contributed by atoms with Gasteiger partial charge in [0.15, 0.2) is 5.84 Å². The molecule has 0 bridgehead atoms. The quantitative estimate of drug-likeness (QED) is 0.801. The van der Waals surface area contributed by atoms with Gasteiger partial charge in [-0.05, 0) is 35.6 Å². The number of benzene rings is 1. The van der Waals surface area contributed by atoms with Crippen molar-refractivity contribution in [2.75, 3.05) is 20.1 Å². The lowest BCUT2D eigenvalue weighted by molar-refractivity contribution is -0.132. The molecule has 0 spiro atoms. The van der Waals surface area contributed by atoms with Crippen molar-refractivity contribution in [2.24, 2.45) is 4.40 Å². The molecule has 3 heterocycles. The molecule has 8 heteroatoms. The summed E-state index contributed by atoms with van der Waals surface area (Å²) in [5.41, 5.74) is 1.76. The van der Waals surface area contributed by atoms with E-state index in [4.69, 9.17) is 0 Å². The first kappa shape index (κ1) is 16.3. The van der Waals surface area contributed by atoms with Gasteiger partial charge in [0.25, 0.3) is 10.0 Å². The summed E-state index contributed by atoms with van der Waals surface area (Å²) in [5, 5.41) is 2.06. The summed E-state index contributed by atoms with van der Waals surface area (Å²) in [6.07, 6.45) is 0.876. The van der Waals surface area contributed by atoms with Gasteiger partial charge in [0.05, 0.1) is 6.54 Å². The first-order chi connectivity index (χ1) is 12.0. The van der Waals surface area contributed by atoms with E-state index in [0.717, 1.165) is 6.42 Å². The molecular formula is C17H17N3O3S2. The van der Waals surface area contributed by atoms with Gasteiger partial charge in [0.2, 0.25) is 5.91 Å². The highest BCUT2D eigenvalue weighted by Gasteiger charge is 2.31. The molecule has 0 aliphatic carbocycles. The molecule has 1 aromatic heterocycles. The highest BCUT2D eigenvalue weighted by atomic mass is 32.2. The van der Waals surface area contributed by atoms with E-state index >= 15 is 0 Å². The number of hydrogen-bond donors (Lipinski definition) is 0. The number of carbonyl (C=O) groups excluding carboxylic acids is 1. The number of amides is 1. The highest BCUT2D eigenvalue weighted by molar-refractivity contribution is 7.90. The Bertz CT molecular complexity index is 979. The monoisotopic (exact) mass is 375 g/mol. The molecule has 130 valence electrons. The van der Waals surface area contributed by atoms with Crippen molar-refractivity contribution in [1.82, 2.24) is 9.80 Å². The molecular weight excluding hydrogens is 358 g/mol. The molecule has 0 fully saturated rings. The summed E-state index contributed by atoms with van der Waals surface area (Å²) in [4.78, 5) is 17.6. The van der Waals surface area contributed by atoms with Crippen LogP contribution in [0.25, 0.3) is 0 Å². The van der Waals surface area contributed by atoms with Crippen molar-refractivity contribution < 1.29 is 13.2 Å². The van der Waals surface area contributed by atoms with Crippen LogP contribution in [0.2, 0.25) is 0 Å². The van der Waals surface area contributed by atoms with E-state index in [0.29, 0.717) is 24.5 Å². The number of amidine groups is 1. The molecule has 0 radical (unpaired) electrons. The molecule has 0 unspecified atom stereocenters. The van der Waals surface area contributed by atoms with Crippen LogP contribution in [0.4, 0.5) is 0 Å². The Labute approximate surface area is 150 Å². The molecule has 6 nitrogen and oxygen atoms in total. The van der Waals surface area contributed by atoms with E-state index in [-0.39, 0.29) is 17.3 Å². The smallest absolute Gasteiger partial charge is 0.285 e. The largest absolute Gasteiger partial charge is 0.349 e. The van der Waals surface area contributed by atoms with Gasteiger partial charge >= 0.3 is 0 Å². The summed E-state index contributed by atoms with van der Waals surface area (Å²) < 4.78 is 28.2. The number of nitrogens with zero attached hydrogens (tertiary/aromatic N) is 3. The minimum Gasteiger partial charge on any atom is -0.349 e. The molecule has 25 heavy (non-hydrogen) atoms. The van der Waals surface area contributed by atoms with Gasteiger partial charge in [-0.1, -0.05) is 12.1 Å². The Balaban J connectivity index is 1.51. The van der Waals surface area contributed by atoms with E-state index < -0.39 is 10.0 Å². The standard InChI is InChI=1S/C17H17N3O3S2/c1-19(17-13-4-2-3-5-15(13)25(22,23)18-17)11-16(21)20-8-6-14-12(10-20)7-9-24-14/h2-5,7,9H,6,8,10-11H2,1H3. The van der Waals surface area contributed by atoms with Gasteiger partial charge in [0, 0.05) is 30.6 Å². The molecule has 0 saturated carbocycles. The third-order valence-electron chi connectivity index (χ3n) is 4.51. The maximum Gasteiger partial charge on any atom is 0.285 e. The number of fused-ring (bicyclic) bond motifs is 2. The zero-order chi connectivity index (χ0) is 17.6. The molecule has 2 aliphatic heterocycles. The van der Waals surface area contributed by atoms with E-state index in [1.54, 1.807) is 47.5 Å². The van der Waals surface area contributed by atoms with Gasteiger partial charge in [-0.3, -0.25) is 4.79 Å². The Morgan fingerprint density at radius 2 is 2.12 bits per heavy atom. The van der Waals surface area contributed by atoms with Crippen LogP contribution in [0.5, 0.6) is 0 Å². The van der Waals surface area contributed by atoms with Crippen LogP contribution in [-0.4, -0.2) is 50.1 Å². The van der Waals surface area contributed by atoms with Crippen LogP contribution in [-0.2, 0) is 27.8 Å². The predicted molar refractivity (Wildman–Crippen MR) is 96.2 cm³/mol. The SMILES string of the molecule is CN(CC(=O)N1CCc2sccc2C1)C1=NS(=O)(=O)c2ccccc21. The summed E-state index contributed by atoms with van der Waals surface area (Å²) >= 11 is 1.73. The topological polar surface area (TPSA) is 70.1 Å². The first-order valence-corrected chi connectivity index (χ1v) is 10.3. The zero-order valence-corrected chi connectivity index (χ0v) is 15.3. The Morgan fingerprint density at radius 1 is 1.32 bits per heavy atom. The van der Waals surface area contributed by atoms with E-state index in [1.165, 1.54) is 10.4 Å². The van der Waals surface area contributed by atoms with Gasteiger partial charge in [-0.15, -0.1) is 15.7 Å². The molecule has 4 rings (SSSR count). The molecule has 2 aromatic rings. The van der Waals surface area contributed by atoms with Crippen LogP contribution in [0.15, 0.2) is 45.0 Å². The maximum absolute atomic E-state index is 12.7. The second-order valence-corrected chi connectivity index (χ2v) is 8.75. The normalized spacial score (nSPS) is 17.6. The minimum absolute atomic E-state index is 0.0242. The fourth-order valence-corrected chi connectivity index (χ4v) is 5.34. The summed E-state index contributed by atoms with van der Waals surface area (Å²) in [6, 6.07) is 8.77. The number of likely N-dealkylation sites (N-methyl/N-ethyl adjacent to an activating group) is 1. The van der Waals surface area contributed by atoms with Crippen LogP contribution >= 0.6 is 11.3 Å². The molecule has 2 aliphatic rings. The molecule has 1 aromatic carbocycles. The Morgan fingerprint density at radius 3 is 2.96 bits per heavy atom. The zero-order valence-electron chi connectivity index (χ0n) is 13.7. The predicted octanol–water partition coefficient (Wildman–Crippen LogP) is 1.71. The van der Waals surface area contributed by atoms with Crippen molar-refractivity contribution in [3.63, 3.8) is 0 Å². The lowest BCUT2D eigenvalue weighted by Gasteiger charge is -2.29. The van der Waals surface area contributed by atoms with E-state index in [1.807, 2.05) is 4.90 Å². The summed E-state index contributed by atoms with van der Waals surface area (Å²) in [6.45, 7) is 1.41. The van der Waals surface area contributed by atoms with Crippen molar-refractivity contribution in [3.8, 4) is 0 Å². The van der Waals surface area contributed by atoms with Gasteiger partial charge in [0.1, 0.15) is 4.90 Å². The fourth-order valence-electron chi connectivity index (χ4n) is 3.20. The average Bonchev–Trinajstić information content (AvgIpc) is 3.17. The summed E-state index contributed by atoms with van der Waals surface area (Å²) in [7, 11) is -1.97. The third-order valence-corrected chi connectivity index (χ3v) is 6.85. The average molecular weight is 375 g/mol. The van der Waals surface area contributed by atoms with Crippen molar-refractivity contribution in [3.05, 3.63) is 51.7 Å². The van der Waals surface area contributed by atoms with Gasteiger partial charge in [-0.25, -0.2) is 0 Å². The lowest BCUT2D eigenvalue weighted by atomic mass is 10.1. The van der Waals surface area contributed by atoms with Crippen LogP contribution in [0, 0.1) is 0 Å². The molecule has 0 saturated heterocycles. The van der Waals surface area contributed by atoms with Crippen molar-refractivity contribution in [1.29, 1.82) is 0 Å². The van der Waals surface area contributed by atoms with Gasteiger partial charge < -0.3 is 9.80 Å². The number of carbonyl (C=O) groups is 1. The summed E-state index contributed by atoms with van der Waals surface area (Å²) in [5.74, 6) is 0.306. The van der Waals surface area contributed by atoms with Gasteiger partial charge in [-0.2, -0.15) is 8.42 Å². The number of rotatable bonds is 2. The van der Waals surface area contributed by atoms with Crippen LogP contribution in [0.1, 0.15) is 16.0 Å². The second-order valence-electron chi connectivity index (χ2n) is 6.18. The molecule has 1 amide bonds. The Hall–Kier alpha value is -2.19. The molecule has 0 atom stereocenters. The third kappa shape index (κ3) is 2.85. The number of hydrogen-bond acceptors (Lipinski definition) is 5. The van der Waals surface area contributed by atoms with Crippen molar-refractivity contribution >= 4 is 33.1 Å². The Kier molecular flexibility index (Phi) is 3.88. The number of sulfonamides is 1. The first-order valence-electron chi connectivity index (χ1n) is 7.94. The van der Waals surface area contributed by atoms with Crippen LogP contribution < -0.4 is 0 Å². The lowest BCUT2D eigenvalue weighted by Crippen LogP contribution is -2.43. The highest BCUT2D eigenvalue weighted by Crippen LogP contribution is 2.27. The molecule has 0 N–H and O–H groups in total. The minimum atomic E-state index is -3.67. The second kappa shape index (κ2) is 5.96. The van der Waals surface area contributed by atoms with Crippen molar-refractivity contribution in [2.45, 2.75) is 17.9 Å². The van der Waals surface area contributed by atoms with Crippen LogP contribution in [0.3, 0.4) is 0 Å². The van der Waals surface area contributed by atoms with E-state index in [9.17, 15) is 13.2 Å². The maximum atomic E-state index is 12.7. The van der Waals surface area contributed by atoms with E-state index in [2.05, 4.69) is 15.8 Å². The number of thiophene rings is 1.